The average Bonchev–Trinajstić information content (AvgIpc) is 2.61. The molecule has 0 spiro atoms. The minimum atomic E-state index is -5.10. The summed E-state index contributed by atoms with van der Waals surface area (Å²) in [6.45, 7) is 2.04. The van der Waals surface area contributed by atoms with E-state index in [9.17, 15) is 41.0 Å². The summed E-state index contributed by atoms with van der Waals surface area (Å²) in [7, 11) is 0. The number of carboxylic acid groups (broad SMARTS) is 1. The van der Waals surface area contributed by atoms with Gasteiger partial charge in [0.2, 0.25) is 0 Å². The Morgan fingerprint density at radius 1 is 0.897 bits per heavy atom. The standard InChI is InChI=1S/C19H23F6NO3/c1-2-3-4-5-6-7-8-15(17(28)29)26-16(27)12-9-13(18(20,21)22)11-14(10-12)19(23,24)25/h9-11,15H,2-8H2,1H3,(H,26,27)(H,28,29)/t15-/m0/s1. The first kappa shape index (κ1) is 24.8. The van der Waals surface area contributed by atoms with Gasteiger partial charge >= 0.3 is 18.3 Å². The highest BCUT2D eigenvalue weighted by atomic mass is 19.4. The summed E-state index contributed by atoms with van der Waals surface area (Å²) >= 11 is 0. The van der Waals surface area contributed by atoms with Crippen molar-refractivity contribution in [3.8, 4) is 0 Å². The Kier molecular flexibility index (Phi) is 8.97. The summed E-state index contributed by atoms with van der Waals surface area (Å²) in [5, 5.41) is 11.2. The maximum atomic E-state index is 12.9. The molecule has 4 nitrogen and oxygen atoms in total. The fourth-order valence-electron chi connectivity index (χ4n) is 2.71. The summed E-state index contributed by atoms with van der Waals surface area (Å²) in [5.74, 6) is -2.71. The van der Waals surface area contributed by atoms with Crippen molar-refractivity contribution in [1.29, 1.82) is 0 Å². The highest BCUT2D eigenvalue weighted by Gasteiger charge is 2.37. The summed E-state index contributed by atoms with van der Waals surface area (Å²) in [4.78, 5) is 23.5. The number of benzene rings is 1. The summed E-state index contributed by atoms with van der Waals surface area (Å²) in [5.41, 5.74) is -4.18. The molecule has 1 amide bonds. The van der Waals surface area contributed by atoms with Crippen molar-refractivity contribution in [2.24, 2.45) is 0 Å². The van der Waals surface area contributed by atoms with Crippen LogP contribution in [0.25, 0.3) is 0 Å². The molecule has 0 saturated carbocycles. The smallest absolute Gasteiger partial charge is 0.416 e. The number of carbonyl (C=O) groups is 2. The Morgan fingerprint density at radius 2 is 1.38 bits per heavy atom. The van der Waals surface area contributed by atoms with Crippen LogP contribution in [0.15, 0.2) is 18.2 Å². The molecule has 0 aliphatic rings. The molecular weight excluding hydrogens is 404 g/mol. The molecule has 1 aromatic carbocycles. The van der Waals surface area contributed by atoms with Crippen LogP contribution >= 0.6 is 0 Å². The largest absolute Gasteiger partial charge is 0.480 e. The number of aliphatic carboxylic acids is 1. The maximum Gasteiger partial charge on any atom is 0.416 e. The van der Waals surface area contributed by atoms with Gasteiger partial charge in [-0.1, -0.05) is 45.4 Å². The van der Waals surface area contributed by atoms with Crippen molar-refractivity contribution in [2.75, 3.05) is 0 Å². The van der Waals surface area contributed by atoms with Gasteiger partial charge in [-0.15, -0.1) is 0 Å². The van der Waals surface area contributed by atoms with Crippen molar-refractivity contribution >= 4 is 11.9 Å². The predicted molar refractivity (Wildman–Crippen MR) is 93.3 cm³/mol. The lowest BCUT2D eigenvalue weighted by atomic mass is 10.0. The molecule has 164 valence electrons. The first-order valence-electron chi connectivity index (χ1n) is 9.19. The van der Waals surface area contributed by atoms with E-state index in [0.717, 1.165) is 25.7 Å². The number of alkyl halides is 6. The van der Waals surface area contributed by atoms with Crippen molar-refractivity contribution in [2.45, 2.75) is 70.3 Å². The number of halogens is 6. The van der Waals surface area contributed by atoms with Gasteiger partial charge in [-0.25, -0.2) is 4.79 Å². The molecule has 0 saturated heterocycles. The van der Waals surface area contributed by atoms with Gasteiger partial charge in [0.05, 0.1) is 11.1 Å². The Morgan fingerprint density at radius 3 is 1.83 bits per heavy atom. The molecule has 0 unspecified atom stereocenters. The number of rotatable bonds is 10. The molecule has 1 rings (SSSR count). The van der Waals surface area contributed by atoms with Gasteiger partial charge < -0.3 is 10.4 Å². The molecule has 0 aliphatic carbocycles. The van der Waals surface area contributed by atoms with E-state index in [4.69, 9.17) is 0 Å². The number of amides is 1. The van der Waals surface area contributed by atoms with Crippen LogP contribution in [0.1, 0.15) is 73.4 Å². The number of hydrogen-bond donors (Lipinski definition) is 2. The molecule has 0 aliphatic heterocycles. The van der Waals surface area contributed by atoms with E-state index in [1.807, 2.05) is 12.2 Å². The van der Waals surface area contributed by atoms with Gasteiger partial charge in [0.15, 0.2) is 0 Å². The third kappa shape index (κ3) is 8.33. The minimum Gasteiger partial charge on any atom is -0.480 e. The third-order valence-corrected chi connectivity index (χ3v) is 4.30. The first-order chi connectivity index (χ1) is 13.4. The number of hydrogen-bond acceptors (Lipinski definition) is 2. The zero-order valence-electron chi connectivity index (χ0n) is 15.8. The van der Waals surface area contributed by atoms with Crippen LogP contribution in [0.4, 0.5) is 26.3 Å². The van der Waals surface area contributed by atoms with Crippen LogP contribution in [0.2, 0.25) is 0 Å². The molecule has 0 aromatic heterocycles. The second-order valence-electron chi connectivity index (χ2n) is 6.72. The number of nitrogens with one attached hydrogen (secondary N) is 1. The van der Waals surface area contributed by atoms with Crippen LogP contribution in [0, 0.1) is 0 Å². The number of carboxylic acids is 1. The van der Waals surface area contributed by atoms with Crippen molar-refractivity contribution in [3.05, 3.63) is 34.9 Å². The fraction of sp³-hybridized carbons (Fsp3) is 0.579. The molecule has 1 aromatic rings. The second kappa shape index (κ2) is 10.5. The second-order valence-corrected chi connectivity index (χ2v) is 6.72. The molecule has 29 heavy (non-hydrogen) atoms. The first-order valence-corrected chi connectivity index (χ1v) is 9.19. The van der Waals surface area contributed by atoms with Gasteiger partial charge in [0.25, 0.3) is 5.91 Å². The average molecular weight is 427 g/mol. The fourth-order valence-corrected chi connectivity index (χ4v) is 2.71. The van der Waals surface area contributed by atoms with Crippen LogP contribution in [-0.2, 0) is 17.1 Å². The van der Waals surface area contributed by atoms with E-state index < -0.39 is 47.0 Å². The van der Waals surface area contributed by atoms with Crippen LogP contribution < -0.4 is 5.32 Å². The van der Waals surface area contributed by atoms with Crippen LogP contribution in [0.5, 0.6) is 0 Å². The molecule has 10 heteroatoms. The van der Waals surface area contributed by atoms with Crippen LogP contribution in [-0.4, -0.2) is 23.0 Å². The third-order valence-electron chi connectivity index (χ3n) is 4.30. The monoisotopic (exact) mass is 427 g/mol. The van der Waals surface area contributed by atoms with Gasteiger partial charge in [0, 0.05) is 5.56 Å². The molecular formula is C19H23F6NO3. The van der Waals surface area contributed by atoms with Gasteiger partial charge in [-0.3, -0.25) is 4.79 Å². The summed E-state index contributed by atoms with van der Waals surface area (Å²) in [6, 6.07) is -0.956. The van der Waals surface area contributed by atoms with Gasteiger partial charge in [-0.05, 0) is 24.6 Å². The normalized spacial score (nSPS) is 13.2. The summed E-state index contributed by atoms with van der Waals surface area (Å²) in [6.07, 6.45) is -5.08. The van der Waals surface area contributed by atoms with E-state index in [1.54, 1.807) is 0 Å². The van der Waals surface area contributed by atoms with E-state index in [0.29, 0.717) is 12.8 Å². The Hall–Kier alpha value is -2.26. The highest BCUT2D eigenvalue weighted by Crippen LogP contribution is 2.36. The zero-order valence-corrected chi connectivity index (χ0v) is 15.8. The Labute approximate surface area is 164 Å². The molecule has 0 fully saturated rings. The number of unbranched alkanes of at least 4 members (excludes halogenated alkanes) is 5. The lowest BCUT2D eigenvalue weighted by molar-refractivity contribution is -0.143. The lowest BCUT2D eigenvalue weighted by Gasteiger charge is -2.17. The Balaban J connectivity index is 2.93. The quantitative estimate of drug-likeness (QED) is 0.374. The zero-order chi connectivity index (χ0) is 22.2. The molecule has 2 N–H and O–H groups in total. The SMILES string of the molecule is CCCCCCCC[C@H](NC(=O)c1cc(C(F)(F)F)cc(C(F)(F)F)c1)C(=O)O. The van der Waals surface area contributed by atoms with E-state index in [1.165, 1.54) is 0 Å². The maximum absolute atomic E-state index is 12.9. The number of carbonyl (C=O) groups excluding carboxylic acids is 1. The lowest BCUT2D eigenvalue weighted by Crippen LogP contribution is -2.40. The van der Waals surface area contributed by atoms with Crippen molar-refractivity contribution < 1.29 is 41.0 Å². The highest BCUT2D eigenvalue weighted by molar-refractivity contribution is 5.97. The molecule has 0 heterocycles. The minimum absolute atomic E-state index is 0.0261. The Bertz CT molecular complexity index is 668. The van der Waals surface area contributed by atoms with Gasteiger partial charge in [-0.2, -0.15) is 26.3 Å². The molecule has 1 atom stereocenters. The van der Waals surface area contributed by atoms with E-state index >= 15 is 0 Å². The summed E-state index contributed by atoms with van der Waals surface area (Å²) < 4.78 is 77.3. The molecule has 0 radical (unpaired) electrons. The predicted octanol–water partition coefficient (Wildman–Crippen LogP) is 5.66. The van der Waals surface area contributed by atoms with Crippen LogP contribution in [0.3, 0.4) is 0 Å². The van der Waals surface area contributed by atoms with Crippen molar-refractivity contribution in [3.63, 3.8) is 0 Å². The van der Waals surface area contributed by atoms with E-state index in [-0.39, 0.29) is 24.6 Å². The molecule has 0 bridgehead atoms. The van der Waals surface area contributed by atoms with E-state index in [2.05, 4.69) is 0 Å². The van der Waals surface area contributed by atoms with Crippen molar-refractivity contribution in [1.82, 2.24) is 5.32 Å². The van der Waals surface area contributed by atoms with Gasteiger partial charge in [0.1, 0.15) is 6.04 Å². The topological polar surface area (TPSA) is 66.4 Å².